The Morgan fingerprint density at radius 3 is 2.93 bits per heavy atom. The fraction of sp³-hybridized carbons (Fsp3) is 0.316. The molecule has 0 radical (unpaired) electrons. The van der Waals surface area contributed by atoms with Gasteiger partial charge in [-0.05, 0) is 49.1 Å². The lowest BCUT2D eigenvalue weighted by Gasteiger charge is -2.23. The maximum Gasteiger partial charge on any atom is 0.326 e. The average molecular weight is 422 g/mol. The van der Waals surface area contributed by atoms with E-state index >= 15 is 0 Å². The molecule has 0 bridgehead atoms. The second-order valence-electron chi connectivity index (χ2n) is 6.13. The molecular weight excluding hydrogens is 402 g/mol. The van der Waals surface area contributed by atoms with Gasteiger partial charge in [-0.3, -0.25) is 9.69 Å². The summed E-state index contributed by atoms with van der Waals surface area (Å²) in [4.78, 5) is 26.2. The molecule has 1 amide bonds. The van der Waals surface area contributed by atoms with Crippen LogP contribution >= 0.6 is 35.7 Å². The Hall–Kier alpha value is -1.77. The highest BCUT2D eigenvalue weighted by atomic mass is 32.2. The van der Waals surface area contributed by atoms with Crippen molar-refractivity contribution in [2.45, 2.75) is 25.5 Å². The van der Waals surface area contributed by atoms with E-state index in [0.717, 1.165) is 28.6 Å². The standard InChI is InChI=1S/C19H19NO4S3/c1-11-13(9-12-5-3-4-6-15(12)24-11)10-16-17(21)20(19(25)27-16)14(18(22)23)7-8-26-2/h3-6,9-11,14H,7-8H2,1-2H3,(H,22,23)/b16-10-/t11-,14+/m0/s1. The van der Waals surface area contributed by atoms with Crippen LogP contribution in [0.5, 0.6) is 5.75 Å². The maximum atomic E-state index is 12.9. The van der Waals surface area contributed by atoms with Crippen LogP contribution in [0.4, 0.5) is 0 Å². The summed E-state index contributed by atoms with van der Waals surface area (Å²) in [6.07, 6.45) is 5.78. The zero-order valence-electron chi connectivity index (χ0n) is 14.9. The molecule has 5 nitrogen and oxygen atoms in total. The maximum absolute atomic E-state index is 12.9. The Morgan fingerprint density at radius 2 is 2.22 bits per heavy atom. The van der Waals surface area contributed by atoms with Crippen LogP contribution in [0, 0.1) is 0 Å². The molecule has 1 saturated heterocycles. The van der Waals surface area contributed by atoms with E-state index in [4.69, 9.17) is 17.0 Å². The average Bonchev–Trinajstić information content (AvgIpc) is 2.90. The van der Waals surface area contributed by atoms with Gasteiger partial charge in [-0.15, -0.1) is 0 Å². The number of carboxylic acids is 1. The van der Waals surface area contributed by atoms with E-state index in [0.29, 0.717) is 17.1 Å². The molecule has 2 aliphatic heterocycles. The van der Waals surface area contributed by atoms with Gasteiger partial charge in [-0.1, -0.05) is 42.2 Å². The van der Waals surface area contributed by atoms with Gasteiger partial charge >= 0.3 is 5.97 Å². The second-order valence-corrected chi connectivity index (χ2v) is 8.79. The van der Waals surface area contributed by atoms with E-state index < -0.39 is 12.0 Å². The molecule has 1 aromatic rings. The summed E-state index contributed by atoms with van der Waals surface area (Å²) in [5.74, 6) is 0.0483. The predicted molar refractivity (Wildman–Crippen MR) is 114 cm³/mol. The van der Waals surface area contributed by atoms with Crippen LogP contribution in [0.15, 0.2) is 40.8 Å². The lowest BCUT2D eigenvalue weighted by Crippen LogP contribution is -2.44. The van der Waals surface area contributed by atoms with Crippen molar-refractivity contribution >= 4 is 58.0 Å². The summed E-state index contributed by atoms with van der Waals surface area (Å²) < 4.78 is 6.19. The van der Waals surface area contributed by atoms with E-state index in [9.17, 15) is 14.7 Å². The first kappa shape index (κ1) is 20.0. The summed E-state index contributed by atoms with van der Waals surface area (Å²) >= 11 is 7.99. The quantitative estimate of drug-likeness (QED) is 0.553. The molecule has 1 N–H and O–H groups in total. The van der Waals surface area contributed by atoms with E-state index in [2.05, 4.69) is 0 Å². The summed E-state index contributed by atoms with van der Waals surface area (Å²) in [6.45, 7) is 1.91. The minimum absolute atomic E-state index is 0.213. The summed E-state index contributed by atoms with van der Waals surface area (Å²) in [5, 5.41) is 9.53. The predicted octanol–water partition coefficient (Wildman–Crippen LogP) is 3.80. The van der Waals surface area contributed by atoms with Crippen LogP contribution in [-0.4, -0.2) is 50.4 Å². The van der Waals surface area contributed by atoms with E-state index in [-0.39, 0.29) is 16.3 Å². The van der Waals surface area contributed by atoms with Crippen molar-refractivity contribution < 1.29 is 19.4 Å². The molecule has 2 aliphatic rings. The monoisotopic (exact) mass is 421 g/mol. The zero-order chi connectivity index (χ0) is 19.6. The van der Waals surface area contributed by atoms with Gasteiger partial charge in [0.2, 0.25) is 0 Å². The van der Waals surface area contributed by atoms with Crippen LogP contribution in [0.25, 0.3) is 6.08 Å². The number of para-hydroxylation sites is 1. The van der Waals surface area contributed by atoms with Gasteiger partial charge in [0.25, 0.3) is 5.91 Å². The van der Waals surface area contributed by atoms with E-state index in [1.807, 2.05) is 43.5 Å². The van der Waals surface area contributed by atoms with Gasteiger partial charge in [-0.2, -0.15) is 11.8 Å². The number of hydrogen-bond acceptors (Lipinski definition) is 6. The molecule has 1 fully saturated rings. The van der Waals surface area contributed by atoms with Crippen LogP contribution in [0.2, 0.25) is 0 Å². The minimum Gasteiger partial charge on any atom is -0.485 e. The molecule has 2 heterocycles. The molecule has 0 saturated carbocycles. The topological polar surface area (TPSA) is 66.8 Å². The van der Waals surface area contributed by atoms with Gasteiger partial charge in [0, 0.05) is 5.56 Å². The zero-order valence-corrected chi connectivity index (χ0v) is 17.3. The minimum atomic E-state index is -1.04. The number of ether oxygens (including phenoxy) is 1. The molecule has 0 aliphatic carbocycles. The van der Waals surface area contributed by atoms with Gasteiger partial charge in [0.1, 0.15) is 22.2 Å². The number of aliphatic carboxylic acids is 1. The number of rotatable bonds is 6. The van der Waals surface area contributed by atoms with Crippen molar-refractivity contribution in [2.24, 2.45) is 0 Å². The Bertz CT molecular complexity index is 849. The number of carbonyl (C=O) groups is 2. The smallest absolute Gasteiger partial charge is 0.326 e. The highest BCUT2D eigenvalue weighted by molar-refractivity contribution is 8.26. The summed E-state index contributed by atoms with van der Waals surface area (Å²) in [7, 11) is 0. The van der Waals surface area contributed by atoms with Crippen LogP contribution in [0.1, 0.15) is 18.9 Å². The molecule has 2 atom stereocenters. The third-order valence-corrected chi connectivity index (χ3v) is 6.30. The van der Waals surface area contributed by atoms with Crippen molar-refractivity contribution in [3.63, 3.8) is 0 Å². The summed E-state index contributed by atoms with van der Waals surface area (Å²) in [5.41, 5.74) is 1.80. The number of thiocarbonyl (C=S) groups is 1. The molecule has 142 valence electrons. The molecular formula is C19H19NO4S3. The fourth-order valence-corrected chi connectivity index (χ4v) is 4.73. The largest absolute Gasteiger partial charge is 0.485 e. The normalized spacial score (nSPS) is 21.7. The number of thioether (sulfide) groups is 2. The lowest BCUT2D eigenvalue weighted by atomic mass is 10.0. The number of nitrogens with zero attached hydrogens (tertiary/aromatic N) is 1. The number of carboxylic acid groups (broad SMARTS) is 1. The number of benzene rings is 1. The number of amides is 1. The highest BCUT2D eigenvalue weighted by Gasteiger charge is 2.40. The van der Waals surface area contributed by atoms with Gasteiger partial charge in [0.05, 0.1) is 4.91 Å². The molecule has 0 aromatic heterocycles. The van der Waals surface area contributed by atoms with Gasteiger partial charge in [-0.25, -0.2) is 4.79 Å². The second kappa shape index (κ2) is 8.50. The molecule has 8 heteroatoms. The van der Waals surface area contributed by atoms with E-state index in [1.54, 1.807) is 17.8 Å². The van der Waals surface area contributed by atoms with Gasteiger partial charge in [0.15, 0.2) is 0 Å². The third kappa shape index (κ3) is 4.23. The van der Waals surface area contributed by atoms with E-state index in [1.165, 1.54) is 4.90 Å². The third-order valence-electron chi connectivity index (χ3n) is 4.33. The van der Waals surface area contributed by atoms with Crippen molar-refractivity contribution in [3.05, 3.63) is 46.4 Å². The van der Waals surface area contributed by atoms with Crippen LogP contribution in [-0.2, 0) is 9.59 Å². The number of carbonyl (C=O) groups excluding carboxylic acids is 1. The van der Waals surface area contributed by atoms with Crippen LogP contribution < -0.4 is 4.74 Å². The van der Waals surface area contributed by atoms with Crippen molar-refractivity contribution in [1.29, 1.82) is 0 Å². The van der Waals surface area contributed by atoms with Gasteiger partial charge < -0.3 is 9.84 Å². The molecule has 0 unspecified atom stereocenters. The first-order chi connectivity index (χ1) is 12.9. The van der Waals surface area contributed by atoms with Crippen LogP contribution in [0.3, 0.4) is 0 Å². The first-order valence-corrected chi connectivity index (χ1v) is 11.0. The number of fused-ring (bicyclic) bond motifs is 1. The molecule has 1 aromatic carbocycles. The summed E-state index contributed by atoms with van der Waals surface area (Å²) in [6, 6.07) is 6.75. The van der Waals surface area contributed by atoms with Crippen molar-refractivity contribution in [2.75, 3.05) is 12.0 Å². The molecule has 3 rings (SSSR count). The highest BCUT2D eigenvalue weighted by Crippen LogP contribution is 2.37. The molecule has 27 heavy (non-hydrogen) atoms. The Balaban J connectivity index is 1.88. The Morgan fingerprint density at radius 1 is 1.48 bits per heavy atom. The fourth-order valence-electron chi connectivity index (χ4n) is 2.91. The Kier molecular flexibility index (Phi) is 6.29. The SMILES string of the molecule is CSCC[C@H](C(=O)O)N1C(=O)/C(=C/C2=Cc3ccccc3O[C@H]2C)SC1=S. The molecule has 0 spiro atoms. The Labute approximate surface area is 171 Å². The number of hydrogen-bond donors (Lipinski definition) is 1. The van der Waals surface area contributed by atoms with Crippen molar-refractivity contribution in [3.8, 4) is 5.75 Å². The van der Waals surface area contributed by atoms with Crippen molar-refractivity contribution in [1.82, 2.24) is 4.90 Å². The lowest BCUT2D eigenvalue weighted by molar-refractivity contribution is -0.145. The first-order valence-electron chi connectivity index (χ1n) is 8.38.